The number of rotatable bonds is 7. The number of anilines is 1. The molecule has 1 atom stereocenters. The van der Waals surface area contributed by atoms with Crippen LogP contribution in [0.3, 0.4) is 0 Å². The van der Waals surface area contributed by atoms with Gasteiger partial charge in [0.1, 0.15) is 0 Å². The Hall–Kier alpha value is -2.28. The monoisotopic (exact) mass is 441 g/mol. The van der Waals surface area contributed by atoms with Crippen molar-refractivity contribution < 1.29 is 9.59 Å². The minimum atomic E-state index is -0.0764. The summed E-state index contributed by atoms with van der Waals surface area (Å²) in [6, 6.07) is 10.9. The molecule has 32 heavy (non-hydrogen) atoms. The van der Waals surface area contributed by atoms with Crippen LogP contribution < -0.4 is 15.5 Å². The Kier molecular flexibility index (Phi) is 8.26. The number of hydrogen-bond acceptors (Lipinski definition) is 4. The van der Waals surface area contributed by atoms with E-state index in [1.54, 1.807) is 0 Å². The normalized spacial score (nSPS) is 22.7. The molecule has 0 bridgehead atoms. The van der Waals surface area contributed by atoms with Crippen molar-refractivity contribution in [3.8, 4) is 0 Å². The van der Waals surface area contributed by atoms with Crippen molar-refractivity contribution in [2.24, 2.45) is 5.92 Å². The molecule has 2 N–H and O–H groups in total. The number of para-hydroxylation sites is 1. The second-order valence-electron chi connectivity index (χ2n) is 9.52. The average molecular weight is 442 g/mol. The zero-order chi connectivity index (χ0) is 22.2. The molecular formula is C25H39N5O2. The zero-order valence-electron chi connectivity index (χ0n) is 19.3. The minimum Gasteiger partial charge on any atom is -0.369 e. The van der Waals surface area contributed by atoms with Crippen molar-refractivity contribution >= 4 is 17.6 Å². The predicted molar refractivity (Wildman–Crippen MR) is 128 cm³/mol. The molecule has 7 heteroatoms. The molecule has 7 nitrogen and oxygen atoms in total. The molecule has 4 rings (SSSR count). The summed E-state index contributed by atoms with van der Waals surface area (Å²) in [5, 5.41) is 6.28. The quantitative estimate of drug-likeness (QED) is 0.639. The molecule has 1 unspecified atom stereocenters. The number of urea groups is 1. The van der Waals surface area contributed by atoms with Gasteiger partial charge in [-0.2, -0.15) is 0 Å². The maximum atomic E-state index is 12.7. The van der Waals surface area contributed by atoms with E-state index in [1.807, 2.05) is 4.90 Å². The van der Waals surface area contributed by atoms with Gasteiger partial charge in [-0.05, 0) is 50.8 Å². The molecule has 0 aromatic heterocycles. The lowest BCUT2D eigenvalue weighted by Crippen LogP contribution is -2.50. The summed E-state index contributed by atoms with van der Waals surface area (Å²) >= 11 is 0. The Bertz CT molecular complexity index is 729. The van der Waals surface area contributed by atoms with E-state index in [2.05, 4.69) is 50.8 Å². The number of benzene rings is 1. The topological polar surface area (TPSA) is 67.9 Å². The first-order valence-electron chi connectivity index (χ1n) is 12.5. The second kappa shape index (κ2) is 11.5. The van der Waals surface area contributed by atoms with Gasteiger partial charge in [-0.3, -0.25) is 9.69 Å². The van der Waals surface area contributed by atoms with E-state index in [1.165, 1.54) is 18.5 Å². The van der Waals surface area contributed by atoms with E-state index in [9.17, 15) is 9.59 Å². The molecule has 1 saturated carbocycles. The van der Waals surface area contributed by atoms with Crippen LogP contribution in [0, 0.1) is 5.92 Å². The highest BCUT2D eigenvalue weighted by Crippen LogP contribution is 2.20. The number of likely N-dealkylation sites (tertiary alicyclic amines) is 1. The summed E-state index contributed by atoms with van der Waals surface area (Å²) in [6.45, 7) is 7.27. The van der Waals surface area contributed by atoms with Crippen molar-refractivity contribution in [3.05, 3.63) is 30.3 Å². The van der Waals surface area contributed by atoms with Gasteiger partial charge >= 0.3 is 6.03 Å². The van der Waals surface area contributed by atoms with Gasteiger partial charge in [-0.25, -0.2) is 4.79 Å². The van der Waals surface area contributed by atoms with Gasteiger partial charge in [0.25, 0.3) is 0 Å². The lowest BCUT2D eigenvalue weighted by Gasteiger charge is -2.36. The highest BCUT2D eigenvalue weighted by atomic mass is 16.2. The third-order valence-corrected chi connectivity index (χ3v) is 7.21. The SMILES string of the molecule is O=C(NCCCN1CCN(c2ccccc2)CC1)C1CCCN(C(=O)NC2CCCC2)C1. The van der Waals surface area contributed by atoms with Crippen LogP contribution in [0.25, 0.3) is 0 Å². The van der Waals surface area contributed by atoms with Gasteiger partial charge in [-0.15, -0.1) is 0 Å². The van der Waals surface area contributed by atoms with Crippen LogP contribution in [0.4, 0.5) is 10.5 Å². The van der Waals surface area contributed by atoms with Crippen LogP contribution in [-0.4, -0.2) is 80.1 Å². The van der Waals surface area contributed by atoms with E-state index in [-0.39, 0.29) is 17.9 Å². The number of carbonyl (C=O) groups is 2. The molecule has 3 fully saturated rings. The van der Waals surface area contributed by atoms with Crippen LogP contribution in [0.1, 0.15) is 44.9 Å². The van der Waals surface area contributed by atoms with Crippen molar-refractivity contribution in [1.29, 1.82) is 0 Å². The third-order valence-electron chi connectivity index (χ3n) is 7.21. The van der Waals surface area contributed by atoms with Crippen LogP contribution in [0.5, 0.6) is 0 Å². The van der Waals surface area contributed by atoms with Crippen LogP contribution in [-0.2, 0) is 4.79 Å². The molecule has 3 amide bonds. The van der Waals surface area contributed by atoms with E-state index >= 15 is 0 Å². The van der Waals surface area contributed by atoms with Crippen LogP contribution in [0.2, 0.25) is 0 Å². The molecule has 1 aromatic rings. The lowest BCUT2D eigenvalue weighted by atomic mass is 9.97. The summed E-state index contributed by atoms with van der Waals surface area (Å²) < 4.78 is 0. The molecule has 2 heterocycles. The summed E-state index contributed by atoms with van der Waals surface area (Å²) in [7, 11) is 0. The van der Waals surface area contributed by atoms with E-state index in [4.69, 9.17) is 0 Å². The lowest BCUT2D eigenvalue weighted by molar-refractivity contribution is -0.126. The number of nitrogens with zero attached hydrogens (tertiary/aromatic N) is 3. The highest BCUT2D eigenvalue weighted by molar-refractivity contribution is 5.80. The van der Waals surface area contributed by atoms with Gasteiger partial charge in [0.15, 0.2) is 0 Å². The Morgan fingerprint density at radius 1 is 0.906 bits per heavy atom. The maximum Gasteiger partial charge on any atom is 0.317 e. The van der Waals surface area contributed by atoms with Crippen molar-refractivity contribution in [2.75, 3.05) is 57.3 Å². The Morgan fingerprint density at radius 2 is 1.66 bits per heavy atom. The minimum absolute atomic E-state index is 0.0176. The molecule has 176 valence electrons. The smallest absolute Gasteiger partial charge is 0.317 e. The van der Waals surface area contributed by atoms with Gasteiger partial charge in [0.2, 0.25) is 5.91 Å². The van der Waals surface area contributed by atoms with E-state index in [0.29, 0.717) is 19.1 Å². The third kappa shape index (κ3) is 6.37. The Morgan fingerprint density at radius 3 is 2.41 bits per heavy atom. The highest BCUT2D eigenvalue weighted by Gasteiger charge is 2.29. The molecule has 3 aliphatic rings. The summed E-state index contributed by atoms with van der Waals surface area (Å²) in [4.78, 5) is 32.0. The van der Waals surface area contributed by atoms with Crippen LogP contribution >= 0.6 is 0 Å². The van der Waals surface area contributed by atoms with E-state index in [0.717, 1.165) is 71.4 Å². The molecule has 0 spiro atoms. The number of nitrogens with one attached hydrogen (secondary N) is 2. The maximum absolute atomic E-state index is 12.7. The van der Waals surface area contributed by atoms with Gasteiger partial charge < -0.3 is 20.4 Å². The summed E-state index contributed by atoms with van der Waals surface area (Å²) in [5.74, 6) is 0.0322. The molecule has 2 aliphatic heterocycles. The van der Waals surface area contributed by atoms with Gasteiger partial charge in [0.05, 0.1) is 5.92 Å². The molecule has 2 saturated heterocycles. The number of hydrogen-bond donors (Lipinski definition) is 2. The standard InChI is InChI=1S/C25H39N5O2/c31-24(21-8-6-15-30(20-21)25(32)27-22-9-4-5-10-22)26-13-7-14-28-16-18-29(19-17-28)23-11-2-1-3-12-23/h1-3,11-12,21-22H,4-10,13-20H2,(H,26,31)(H,27,32). The molecule has 0 radical (unpaired) electrons. The number of amides is 3. The number of piperazine rings is 1. The first-order valence-corrected chi connectivity index (χ1v) is 12.5. The fourth-order valence-electron chi connectivity index (χ4n) is 5.24. The number of carbonyl (C=O) groups excluding carboxylic acids is 2. The largest absolute Gasteiger partial charge is 0.369 e. The molecular weight excluding hydrogens is 402 g/mol. The first kappa shape index (κ1) is 22.9. The summed E-state index contributed by atoms with van der Waals surface area (Å²) in [6.07, 6.45) is 7.34. The van der Waals surface area contributed by atoms with E-state index < -0.39 is 0 Å². The van der Waals surface area contributed by atoms with Crippen molar-refractivity contribution in [1.82, 2.24) is 20.4 Å². The Labute approximate surface area is 192 Å². The molecule has 1 aromatic carbocycles. The fraction of sp³-hybridized carbons (Fsp3) is 0.680. The molecule has 1 aliphatic carbocycles. The second-order valence-corrected chi connectivity index (χ2v) is 9.52. The zero-order valence-corrected chi connectivity index (χ0v) is 19.3. The van der Waals surface area contributed by atoms with Crippen molar-refractivity contribution in [3.63, 3.8) is 0 Å². The average Bonchev–Trinajstić information content (AvgIpc) is 3.36. The van der Waals surface area contributed by atoms with Crippen molar-refractivity contribution in [2.45, 2.75) is 51.0 Å². The summed E-state index contributed by atoms with van der Waals surface area (Å²) in [5.41, 5.74) is 1.30. The first-order chi connectivity index (χ1) is 15.7. The Balaban J connectivity index is 1.10. The number of piperidine rings is 1. The van der Waals surface area contributed by atoms with Gasteiger partial charge in [-0.1, -0.05) is 31.0 Å². The van der Waals surface area contributed by atoms with Gasteiger partial charge in [0, 0.05) is 57.5 Å². The predicted octanol–water partition coefficient (Wildman–Crippen LogP) is 2.68. The van der Waals surface area contributed by atoms with Crippen LogP contribution in [0.15, 0.2) is 30.3 Å². The fourth-order valence-corrected chi connectivity index (χ4v) is 5.24.